The second-order valence-corrected chi connectivity index (χ2v) is 12.3. The number of aliphatic hydroxyl groups excluding tert-OH is 1. The van der Waals surface area contributed by atoms with Gasteiger partial charge in [-0.2, -0.15) is 0 Å². The summed E-state index contributed by atoms with van der Waals surface area (Å²) < 4.78 is 0. The molecule has 1 N–H and O–H groups in total. The summed E-state index contributed by atoms with van der Waals surface area (Å²) >= 11 is 0. The molecule has 0 aromatic rings. The van der Waals surface area contributed by atoms with E-state index in [1.54, 1.807) is 6.92 Å². The first-order valence-corrected chi connectivity index (χ1v) is 11.6. The van der Waals surface area contributed by atoms with Gasteiger partial charge in [0.2, 0.25) is 0 Å². The van der Waals surface area contributed by atoms with E-state index in [1.807, 2.05) is 0 Å². The molecule has 9 atom stereocenters. The number of ketones is 2. The van der Waals surface area contributed by atoms with Crippen LogP contribution in [0.4, 0.5) is 0 Å². The molecule has 0 aromatic heterocycles. The molecule has 5 unspecified atom stereocenters. The van der Waals surface area contributed by atoms with Crippen molar-refractivity contribution in [2.45, 2.75) is 92.6 Å². The van der Waals surface area contributed by atoms with Crippen LogP contribution < -0.4 is 0 Å². The van der Waals surface area contributed by atoms with Crippen LogP contribution in [-0.4, -0.2) is 22.8 Å². The largest absolute Gasteiger partial charge is 0.393 e. The van der Waals surface area contributed by atoms with Gasteiger partial charge in [0.05, 0.1) is 6.10 Å². The maximum atomic E-state index is 13.5. The fourth-order valence-electron chi connectivity index (χ4n) is 8.44. The average molecular weight is 389 g/mol. The third-order valence-electron chi connectivity index (χ3n) is 10.3. The summed E-state index contributed by atoms with van der Waals surface area (Å²) in [5.74, 6) is 2.44. The Kier molecular flexibility index (Phi) is 4.70. The van der Waals surface area contributed by atoms with Gasteiger partial charge in [0, 0.05) is 17.8 Å². The summed E-state index contributed by atoms with van der Waals surface area (Å²) in [5, 5.41) is 11.3. The molecular weight excluding hydrogens is 348 g/mol. The number of aliphatic hydroxyl groups is 1. The first-order chi connectivity index (χ1) is 12.9. The lowest BCUT2D eigenvalue weighted by atomic mass is 9.42. The van der Waals surface area contributed by atoms with Crippen LogP contribution in [0.5, 0.6) is 0 Å². The Morgan fingerprint density at radius 3 is 2.32 bits per heavy atom. The van der Waals surface area contributed by atoms with Crippen LogP contribution in [0.1, 0.15) is 86.5 Å². The minimum atomic E-state index is -0.488. The van der Waals surface area contributed by atoms with Crippen LogP contribution >= 0.6 is 0 Å². The minimum absolute atomic E-state index is 0.0649. The van der Waals surface area contributed by atoms with Crippen molar-refractivity contribution in [1.29, 1.82) is 0 Å². The van der Waals surface area contributed by atoms with E-state index < -0.39 is 5.41 Å². The van der Waals surface area contributed by atoms with E-state index in [0.29, 0.717) is 35.9 Å². The van der Waals surface area contributed by atoms with E-state index in [0.717, 1.165) is 32.1 Å². The molecular formula is C25H40O3. The van der Waals surface area contributed by atoms with Gasteiger partial charge < -0.3 is 5.11 Å². The molecule has 4 fully saturated rings. The van der Waals surface area contributed by atoms with E-state index >= 15 is 0 Å². The van der Waals surface area contributed by atoms with Gasteiger partial charge in [-0.05, 0) is 85.9 Å². The van der Waals surface area contributed by atoms with E-state index in [4.69, 9.17) is 0 Å². The topological polar surface area (TPSA) is 54.4 Å². The Morgan fingerprint density at radius 1 is 1.04 bits per heavy atom. The summed E-state index contributed by atoms with van der Waals surface area (Å²) in [7, 11) is 0. The number of carbonyl (C=O) groups is 2. The Bertz CT molecular complexity index is 676. The first kappa shape index (κ1) is 20.6. The fraction of sp³-hybridized carbons (Fsp3) is 0.920. The van der Waals surface area contributed by atoms with Crippen molar-refractivity contribution in [1.82, 2.24) is 0 Å². The van der Waals surface area contributed by atoms with Gasteiger partial charge in [-0.1, -0.05) is 34.6 Å². The van der Waals surface area contributed by atoms with Crippen molar-refractivity contribution < 1.29 is 14.7 Å². The average Bonchev–Trinajstić information content (AvgIpc) is 2.95. The second-order valence-electron chi connectivity index (χ2n) is 12.3. The number of hydrogen-bond donors (Lipinski definition) is 1. The van der Waals surface area contributed by atoms with Gasteiger partial charge in [-0.25, -0.2) is 0 Å². The molecule has 0 saturated heterocycles. The van der Waals surface area contributed by atoms with E-state index in [1.165, 1.54) is 6.42 Å². The molecule has 0 amide bonds. The summed E-state index contributed by atoms with van der Waals surface area (Å²) in [5.41, 5.74) is -0.146. The third kappa shape index (κ3) is 2.71. The molecule has 0 spiro atoms. The molecule has 3 nitrogen and oxygen atoms in total. The SMILES string of the molecule is CC(=O)[C@H]1CCC2C3C[C@H](O)C4CC(C(C)(C)C)CC[C@]4(C)C3CC(=O)[C@@]21C. The highest BCUT2D eigenvalue weighted by atomic mass is 16.3. The molecule has 4 aliphatic rings. The molecule has 0 radical (unpaired) electrons. The van der Waals surface area contributed by atoms with Crippen LogP contribution in [0, 0.1) is 51.8 Å². The van der Waals surface area contributed by atoms with Gasteiger partial charge >= 0.3 is 0 Å². The van der Waals surface area contributed by atoms with Gasteiger partial charge in [-0.15, -0.1) is 0 Å². The van der Waals surface area contributed by atoms with Crippen LogP contribution in [0.2, 0.25) is 0 Å². The lowest BCUT2D eigenvalue weighted by Crippen LogP contribution is -2.60. The first-order valence-electron chi connectivity index (χ1n) is 11.6. The molecule has 4 saturated carbocycles. The van der Waals surface area contributed by atoms with E-state index in [9.17, 15) is 14.7 Å². The highest BCUT2D eigenvalue weighted by Gasteiger charge is 2.65. The molecule has 3 heteroatoms. The van der Waals surface area contributed by atoms with Crippen molar-refractivity contribution in [3.8, 4) is 0 Å². The predicted molar refractivity (Wildman–Crippen MR) is 111 cm³/mol. The molecule has 0 bridgehead atoms. The molecule has 0 heterocycles. The summed E-state index contributed by atoms with van der Waals surface area (Å²) in [6.45, 7) is 13.1. The highest BCUT2D eigenvalue weighted by Crippen LogP contribution is 2.67. The van der Waals surface area contributed by atoms with Gasteiger partial charge in [-0.3, -0.25) is 9.59 Å². The lowest BCUT2D eigenvalue weighted by Gasteiger charge is -2.62. The fourth-order valence-corrected chi connectivity index (χ4v) is 8.44. The number of rotatable bonds is 1. The quantitative estimate of drug-likeness (QED) is 0.684. The molecule has 0 aromatic carbocycles. The second kappa shape index (κ2) is 6.40. The Labute approximate surface area is 171 Å². The zero-order valence-corrected chi connectivity index (χ0v) is 18.8. The number of Topliss-reactive ketones (excluding diaryl/α,β-unsaturated/α-hetero) is 2. The molecule has 4 aliphatic carbocycles. The zero-order valence-electron chi connectivity index (χ0n) is 18.8. The number of hydrogen-bond acceptors (Lipinski definition) is 3. The van der Waals surface area contributed by atoms with Crippen molar-refractivity contribution >= 4 is 11.6 Å². The monoisotopic (exact) mass is 388 g/mol. The van der Waals surface area contributed by atoms with Crippen molar-refractivity contribution in [3.05, 3.63) is 0 Å². The molecule has 0 aliphatic heterocycles. The standard InChI is InChI=1S/C25H40O3/c1-14(26)17-7-8-18-16-12-21(27)20-11-15(23(2,3)4)9-10-24(20,5)19(16)13-22(28)25(17,18)6/h15-21,27H,7-13H2,1-6H3/t15?,16?,17-,18?,19?,20?,21+,24-,25-/m1/s1. The van der Waals surface area contributed by atoms with Gasteiger partial charge in [0.15, 0.2) is 0 Å². The Morgan fingerprint density at radius 2 is 1.71 bits per heavy atom. The smallest absolute Gasteiger partial charge is 0.140 e. The van der Waals surface area contributed by atoms with Crippen LogP contribution in [0.3, 0.4) is 0 Å². The normalized spacial score (nSPS) is 51.2. The maximum absolute atomic E-state index is 13.5. The van der Waals surface area contributed by atoms with E-state index in [2.05, 4.69) is 34.6 Å². The molecule has 4 rings (SSSR count). The van der Waals surface area contributed by atoms with Gasteiger partial charge in [0.1, 0.15) is 11.6 Å². The summed E-state index contributed by atoms with van der Waals surface area (Å²) in [4.78, 5) is 25.8. The summed E-state index contributed by atoms with van der Waals surface area (Å²) in [6.07, 6.45) is 6.46. The third-order valence-corrected chi connectivity index (χ3v) is 10.3. The zero-order chi connectivity index (χ0) is 20.6. The van der Waals surface area contributed by atoms with Crippen molar-refractivity contribution in [2.75, 3.05) is 0 Å². The molecule has 158 valence electrons. The van der Waals surface area contributed by atoms with Gasteiger partial charge in [0.25, 0.3) is 0 Å². The Hall–Kier alpha value is -0.700. The number of fused-ring (bicyclic) bond motifs is 5. The lowest BCUT2D eigenvalue weighted by molar-refractivity contribution is -0.179. The van der Waals surface area contributed by atoms with Crippen molar-refractivity contribution in [3.63, 3.8) is 0 Å². The molecule has 28 heavy (non-hydrogen) atoms. The maximum Gasteiger partial charge on any atom is 0.140 e. The predicted octanol–water partition coefficient (Wildman–Crippen LogP) is 5.05. The van der Waals surface area contributed by atoms with Crippen LogP contribution in [0.15, 0.2) is 0 Å². The van der Waals surface area contributed by atoms with Crippen LogP contribution in [0.25, 0.3) is 0 Å². The van der Waals surface area contributed by atoms with Crippen LogP contribution in [-0.2, 0) is 9.59 Å². The Balaban J connectivity index is 1.66. The number of carbonyl (C=O) groups excluding carboxylic acids is 2. The summed E-state index contributed by atoms with van der Waals surface area (Å²) in [6, 6.07) is 0. The van der Waals surface area contributed by atoms with E-state index in [-0.39, 0.29) is 34.6 Å². The highest BCUT2D eigenvalue weighted by molar-refractivity contribution is 5.93. The minimum Gasteiger partial charge on any atom is -0.393 e. The van der Waals surface area contributed by atoms with Crippen molar-refractivity contribution in [2.24, 2.45) is 51.8 Å².